The van der Waals surface area contributed by atoms with Crippen molar-refractivity contribution in [2.45, 2.75) is 12.8 Å². The summed E-state index contributed by atoms with van der Waals surface area (Å²) in [5.41, 5.74) is 3.76. The van der Waals surface area contributed by atoms with Crippen LogP contribution in [-0.4, -0.2) is 41.8 Å². The Labute approximate surface area is 159 Å². The highest BCUT2D eigenvalue weighted by atomic mass is 16.5. The van der Waals surface area contributed by atoms with Gasteiger partial charge in [0.25, 0.3) is 0 Å². The van der Waals surface area contributed by atoms with Gasteiger partial charge in [0.2, 0.25) is 0 Å². The zero-order chi connectivity index (χ0) is 19.1. The van der Waals surface area contributed by atoms with Crippen molar-refractivity contribution >= 4 is 11.7 Å². The van der Waals surface area contributed by atoms with E-state index in [4.69, 9.17) is 4.74 Å². The molecule has 2 amide bonds. The van der Waals surface area contributed by atoms with E-state index in [0.29, 0.717) is 18.0 Å². The quantitative estimate of drug-likeness (QED) is 0.661. The van der Waals surface area contributed by atoms with Gasteiger partial charge in [0.15, 0.2) is 0 Å². The Bertz CT molecular complexity index is 877. The van der Waals surface area contributed by atoms with Crippen LogP contribution in [0.3, 0.4) is 0 Å². The third kappa shape index (κ3) is 4.88. The lowest BCUT2D eigenvalue weighted by molar-refractivity contribution is 0.222. The number of carbonyl (C=O) groups excluding carboxylic acids is 1. The van der Waals surface area contributed by atoms with Crippen molar-refractivity contribution in [3.05, 3.63) is 66.4 Å². The number of amides is 2. The molecule has 140 valence electrons. The van der Waals surface area contributed by atoms with Crippen molar-refractivity contribution in [2.24, 2.45) is 0 Å². The number of methoxy groups -OCH3 is 1. The van der Waals surface area contributed by atoms with Gasteiger partial charge in [-0.25, -0.2) is 4.79 Å². The number of nitrogens with zero attached hydrogens (tertiary/aromatic N) is 2. The lowest BCUT2D eigenvalue weighted by Gasteiger charge is -2.18. The molecular formula is C21H24N4O2. The van der Waals surface area contributed by atoms with Crippen LogP contribution in [0.15, 0.2) is 60.7 Å². The molecule has 0 aliphatic rings. The molecule has 0 fully saturated rings. The molecule has 0 spiro atoms. The summed E-state index contributed by atoms with van der Waals surface area (Å²) in [6.45, 7) is 0.640. The molecule has 2 N–H and O–H groups in total. The minimum Gasteiger partial charge on any atom is -0.495 e. The second-order valence-electron chi connectivity index (χ2n) is 6.30. The van der Waals surface area contributed by atoms with Gasteiger partial charge in [-0.2, -0.15) is 5.10 Å². The number of anilines is 1. The molecule has 1 heterocycles. The summed E-state index contributed by atoms with van der Waals surface area (Å²) in [4.78, 5) is 14.0. The maximum Gasteiger partial charge on any atom is 0.321 e. The van der Waals surface area contributed by atoms with Crippen LogP contribution < -0.4 is 10.1 Å². The standard InChI is InChI=1S/C21H24N4O2/c1-25(21(26)22-18-12-6-7-13-20(18)27-2)14-8-11-17-15-19(24-23-17)16-9-4-3-5-10-16/h3-7,9-10,12-13,15H,8,11,14H2,1-2H3,(H,22,26)(H,23,24). The minimum absolute atomic E-state index is 0.158. The van der Waals surface area contributed by atoms with E-state index >= 15 is 0 Å². The zero-order valence-electron chi connectivity index (χ0n) is 15.6. The van der Waals surface area contributed by atoms with Crippen LogP contribution in [0.2, 0.25) is 0 Å². The average Bonchev–Trinajstić information content (AvgIpc) is 3.18. The molecule has 3 aromatic rings. The van der Waals surface area contributed by atoms with E-state index in [9.17, 15) is 4.79 Å². The summed E-state index contributed by atoms with van der Waals surface area (Å²) in [6.07, 6.45) is 1.67. The van der Waals surface area contributed by atoms with Crippen LogP contribution in [0.4, 0.5) is 10.5 Å². The molecule has 0 atom stereocenters. The van der Waals surface area contributed by atoms with Gasteiger partial charge in [0.1, 0.15) is 5.75 Å². The molecule has 1 aromatic heterocycles. The molecule has 6 nitrogen and oxygen atoms in total. The fraction of sp³-hybridized carbons (Fsp3) is 0.238. The van der Waals surface area contributed by atoms with Crippen molar-refractivity contribution in [3.63, 3.8) is 0 Å². The number of para-hydroxylation sites is 2. The molecular weight excluding hydrogens is 340 g/mol. The summed E-state index contributed by atoms with van der Waals surface area (Å²) in [5, 5.41) is 10.3. The molecule has 3 rings (SSSR count). The Hall–Kier alpha value is -3.28. The SMILES string of the molecule is COc1ccccc1NC(=O)N(C)CCCc1cc(-c2ccccc2)n[nH]1. The predicted molar refractivity (Wildman–Crippen MR) is 107 cm³/mol. The number of ether oxygens (including phenoxy) is 1. The molecule has 0 unspecified atom stereocenters. The minimum atomic E-state index is -0.158. The molecule has 0 radical (unpaired) electrons. The van der Waals surface area contributed by atoms with Crippen molar-refractivity contribution in [1.29, 1.82) is 0 Å². The van der Waals surface area contributed by atoms with E-state index in [1.807, 2.05) is 54.6 Å². The fourth-order valence-corrected chi connectivity index (χ4v) is 2.81. The first-order valence-corrected chi connectivity index (χ1v) is 8.92. The molecule has 27 heavy (non-hydrogen) atoms. The van der Waals surface area contributed by atoms with Crippen LogP contribution in [0.1, 0.15) is 12.1 Å². The van der Waals surface area contributed by atoms with E-state index in [1.165, 1.54) is 0 Å². The van der Waals surface area contributed by atoms with Crippen molar-refractivity contribution < 1.29 is 9.53 Å². The first-order chi connectivity index (χ1) is 13.2. The van der Waals surface area contributed by atoms with Crippen LogP contribution in [0.5, 0.6) is 5.75 Å². The van der Waals surface area contributed by atoms with E-state index in [0.717, 1.165) is 29.8 Å². The molecule has 2 aromatic carbocycles. The highest BCUT2D eigenvalue weighted by Gasteiger charge is 2.11. The Morgan fingerprint density at radius 3 is 2.67 bits per heavy atom. The van der Waals surface area contributed by atoms with Crippen LogP contribution in [-0.2, 0) is 6.42 Å². The summed E-state index contributed by atoms with van der Waals surface area (Å²) in [5.74, 6) is 0.644. The van der Waals surface area contributed by atoms with E-state index in [-0.39, 0.29) is 6.03 Å². The van der Waals surface area contributed by atoms with Gasteiger partial charge in [0.05, 0.1) is 18.5 Å². The Kier molecular flexibility index (Phi) is 6.10. The van der Waals surface area contributed by atoms with Crippen molar-refractivity contribution in [2.75, 3.05) is 26.0 Å². The summed E-state index contributed by atoms with van der Waals surface area (Å²) >= 11 is 0. The lowest BCUT2D eigenvalue weighted by atomic mass is 10.1. The predicted octanol–water partition coefficient (Wildman–Crippen LogP) is 4.18. The highest BCUT2D eigenvalue weighted by molar-refractivity contribution is 5.90. The highest BCUT2D eigenvalue weighted by Crippen LogP contribution is 2.23. The zero-order valence-corrected chi connectivity index (χ0v) is 15.6. The first-order valence-electron chi connectivity index (χ1n) is 8.92. The number of benzene rings is 2. The van der Waals surface area contributed by atoms with Gasteiger partial charge in [-0.05, 0) is 31.0 Å². The number of hydrogen-bond acceptors (Lipinski definition) is 3. The maximum atomic E-state index is 12.4. The smallest absolute Gasteiger partial charge is 0.321 e. The summed E-state index contributed by atoms with van der Waals surface area (Å²) in [6, 6.07) is 19.3. The number of H-pyrrole nitrogens is 1. The fourth-order valence-electron chi connectivity index (χ4n) is 2.81. The number of hydrogen-bond donors (Lipinski definition) is 2. The van der Waals surface area contributed by atoms with Crippen molar-refractivity contribution in [1.82, 2.24) is 15.1 Å². The van der Waals surface area contributed by atoms with Crippen LogP contribution in [0.25, 0.3) is 11.3 Å². The van der Waals surface area contributed by atoms with E-state index in [1.54, 1.807) is 19.1 Å². The van der Waals surface area contributed by atoms with Gasteiger partial charge in [-0.1, -0.05) is 42.5 Å². The number of aromatic nitrogens is 2. The monoisotopic (exact) mass is 364 g/mol. The van der Waals surface area contributed by atoms with Gasteiger partial charge >= 0.3 is 6.03 Å². The molecule has 0 aliphatic heterocycles. The number of nitrogens with one attached hydrogen (secondary N) is 2. The molecule has 0 saturated carbocycles. The molecule has 0 bridgehead atoms. The lowest BCUT2D eigenvalue weighted by Crippen LogP contribution is -2.32. The van der Waals surface area contributed by atoms with Gasteiger partial charge < -0.3 is 15.0 Å². The van der Waals surface area contributed by atoms with E-state index in [2.05, 4.69) is 21.6 Å². The average molecular weight is 364 g/mol. The Morgan fingerprint density at radius 2 is 1.89 bits per heavy atom. The Morgan fingerprint density at radius 1 is 1.15 bits per heavy atom. The van der Waals surface area contributed by atoms with Gasteiger partial charge in [-0.15, -0.1) is 0 Å². The molecule has 6 heteroatoms. The van der Waals surface area contributed by atoms with Gasteiger partial charge in [0, 0.05) is 24.8 Å². The number of urea groups is 1. The second-order valence-corrected chi connectivity index (χ2v) is 6.30. The molecule has 0 aliphatic carbocycles. The van der Waals surface area contributed by atoms with E-state index < -0.39 is 0 Å². The first kappa shape index (κ1) is 18.5. The van der Waals surface area contributed by atoms with Crippen LogP contribution in [0, 0.1) is 0 Å². The molecule has 0 saturated heterocycles. The third-order valence-corrected chi connectivity index (χ3v) is 4.34. The van der Waals surface area contributed by atoms with Gasteiger partial charge in [-0.3, -0.25) is 5.10 Å². The topological polar surface area (TPSA) is 70.2 Å². The van der Waals surface area contributed by atoms with Crippen molar-refractivity contribution in [3.8, 4) is 17.0 Å². The summed E-state index contributed by atoms with van der Waals surface area (Å²) in [7, 11) is 3.37. The number of aromatic amines is 1. The van der Waals surface area contributed by atoms with Crippen LogP contribution >= 0.6 is 0 Å². The maximum absolute atomic E-state index is 12.4. The number of aryl methyl sites for hydroxylation is 1. The largest absolute Gasteiger partial charge is 0.495 e. The third-order valence-electron chi connectivity index (χ3n) is 4.34. The number of carbonyl (C=O) groups is 1. The second kappa shape index (κ2) is 8.89. The number of rotatable bonds is 7. The Balaban J connectivity index is 1.49. The summed E-state index contributed by atoms with van der Waals surface area (Å²) < 4.78 is 5.26. The normalized spacial score (nSPS) is 10.4.